The summed E-state index contributed by atoms with van der Waals surface area (Å²) >= 11 is 0. The largest absolute Gasteiger partial charge is 0.478 e. The van der Waals surface area contributed by atoms with Crippen LogP contribution in [0, 0.1) is 26.7 Å². The zero-order valence-corrected chi connectivity index (χ0v) is 12.5. The Morgan fingerprint density at radius 3 is 2.25 bits per heavy atom. The maximum atomic E-state index is 11.2. The van der Waals surface area contributed by atoms with Gasteiger partial charge in [-0.3, -0.25) is 0 Å². The van der Waals surface area contributed by atoms with Gasteiger partial charge in [-0.05, 0) is 74.9 Å². The number of rotatable bonds is 3. The predicted octanol–water partition coefficient (Wildman–Crippen LogP) is 3.08. The summed E-state index contributed by atoms with van der Waals surface area (Å²) in [4.78, 5) is 11.2. The molecule has 108 valence electrons. The van der Waals surface area contributed by atoms with Crippen LogP contribution in [0.15, 0.2) is 18.2 Å². The normalized spacial score (nSPS) is 17.2. The van der Waals surface area contributed by atoms with E-state index < -0.39 is 5.97 Å². The second-order valence-electron chi connectivity index (χ2n) is 5.74. The number of aliphatic carboxylic acids is 1. The third-order valence-electron chi connectivity index (χ3n) is 4.02. The van der Waals surface area contributed by atoms with Gasteiger partial charge in [0.1, 0.15) is 0 Å². The molecule has 0 aliphatic carbocycles. The van der Waals surface area contributed by atoms with E-state index in [-0.39, 0.29) is 0 Å². The average molecular weight is 273 g/mol. The molecular weight excluding hydrogens is 250 g/mol. The first-order valence-corrected chi connectivity index (χ1v) is 7.22. The van der Waals surface area contributed by atoms with Gasteiger partial charge in [-0.15, -0.1) is 0 Å². The third-order valence-corrected chi connectivity index (χ3v) is 4.02. The highest BCUT2D eigenvalue weighted by Gasteiger charge is 2.22. The maximum Gasteiger partial charge on any atom is 0.328 e. The number of benzene rings is 1. The first-order valence-electron chi connectivity index (χ1n) is 7.22. The van der Waals surface area contributed by atoms with Gasteiger partial charge in [0.25, 0.3) is 0 Å². The summed E-state index contributed by atoms with van der Waals surface area (Å²) in [5.41, 5.74) is 5.70. The molecule has 0 spiro atoms. The SMILES string of the molecule is Cc1cc(C)c(/C(=C/C(=O)O)C2CCNCC2)c(C)c1. The van der Waals surface area contributed by atoms with Crippen LogP contribution in [0.3, 0.4) is 0 Å². The third kappa shape index (κ3) is 3.28. The van der Waals surface area contributed by atoms with E-state index in [0.29, 0.717) is 5.92 Å². The summed E-state index contributed by atoms with van der Waals surface area (Å²) in [6.45, 7) is 8.16. The van der Waals surface area contributed by atoms with Gasteiger partial charge in [0, 0.05) is 6.08 Å². The van der Waals surface area contributed by atoms with Crippen LogP contribution in [0.4, 0.5) is 0 Å². The Bertz CT molecular complexity index is 517. The van der Waals surface area contributed by atoms with Crippen LogP contribution in [0.1, 0.15) is 35.1 Å². The van der Waals surface area contributed by atoms with E-state index in [0.717, 1.165) is 37.1 Å². The van der Waals surface area contributed by atoms with Crippen LogP contribution in [0.2, 0.25) is 0 Å². The summed E-state index contributed by atoms with van der Waals surface area (Å²) in [5, 5.41) is 12.6. The Hall–Kier alpha value is -1.61. The molecule has 2 N–H and O–H groups in total. The molecule has 0 amide bonds. The zero-order chi connectivity index (χ0) is 14.7. The van der Waals surface area contributed by atoms with Crippen molar-refractivity contribution in [1.82, 2.24) is 5.32 Å². The van der Waals surface area contributed by atoms with Gasteiger partial charge in [0.15, 0.2) is 0 Å². The number of nitrogens with one attached hydrogen (secondary N) is 1. The summed E-state index contributed by atoms with van der Waals surface area (Å²) in [7, 11) is 0. The van der Waals surface area contributed by atoms with Crippen molar-refractivity contribution >= 4 is 11.5 Å². The summed E-state index contributed by atoms with van der Waals surface area (Å²) < 4.78 is 0. The summed E-state index contributed by atoms with van der Waals surface area (Å²) in [6.07, 6.45) is 3.43. The molecule has 2 rings (SSSR count). The molecule has 3 nitrogen and oxygen atoms in total. The smallest absolute Gasteiger partial charge is 0.328 e. The van der Waals surface area contributed by atoms with Crippen molar-refractivity contribution in [3.05, 3.63) is 40.5 Å². The zero-order valence-electron chi connectivity index (χ0n) is 12.5. The molecule has 20 heavy (non-hydrogen) atoms. The highest BCUT2D eigenvalue weighted by atomic mass is 16.4. The molecule has 0 bridgehead atoms. The van der Waals surface area contributed by atoms with Crippen molar-refractivity contribution in [2.75, 3.05) is 13.1 Å². The Labute approximate surface area is 120 Å². The number of carbonyl (C=O) groups is 1. The number of aryl methyl sites for hydroxylation is 3. The molecule has 0 atom stereocenters. The standard InChI is InChI=1S/C17H23NO2/c1-11-8-12(2)17(13(3)9-11)15(10-16(19)20)14-4-6-18-7-5-14/h8-10,14,18H,4-7H2,1-3H3,(H,19,20)/b15-10+. The number of allylic oxidation sites excluding steroid dienone is 1. The molecule has 1 aromatic rings. The van der Waals surface area contributed by atoms with Crippen LogP contribution in [0.5, 0.6) is 0 Å². The average Bonchev–Trinajstić information content (AvgIpc) is 2.37. The molecule has 1 aliphatic rings. The van der Waals surface area contributed by atoms with Gasteiger partial charge in [-0.2, -0.15) is 0 Å². The van der Waals surface area contributed by atoms with Crippen molar-refractivity contribution < 1.29 is 9.90 Å². The second-order valence-corrected chi connectivity index (χ2v) is 5.74. The highest BCUT2D eigenvalue weighted by Crippen LogP contribution is 2.34. The molecule has 1 heterocycles. The monoisotopic (exact) mass is 273 g/mol. The van der Waals surface area contributed by atoms with Gasteiger partial charge in [-0.25, -0.2) is 4.79 Å². The Morgan fingerprint density at radius 1 is 1.20 bits per heavy atom. The van der Waals surface area contributed by atoms with Crippen LogP contribution in [-0.4, -0.2) is 24.2 Å². The molecule has 1 aromatic carbocycles. The first kappa shape index (κ1) is 14.8. The minimum absolute atomic E-state index is 0.340. The Kier molecular flexibility index (Phi) is 4.61. The van der Waals surface area contributed by atoms with Gasteiger partial charge < -0.3 is 10.4 Å². The van der Waals surface area contributed by atoms with Crippen molar-refractivity contribution in [2.45, 2.75) is 33.6 Å². The fourth-order valence-electron chi connectivity index (χ4n) is 3.30. The van der Waals surface area contributed by atoms with Gasteiger partial charge in [0.05, 0.1) is 0 Å². The van der Waals surface area contributed by atoms with Crippen molar-refractivity contribution in [2.24, 2.45) is 5.92 Å². The quantitative estimate of drug-likeness (QED) is 0.832. The highest BCUT2D eigenvalue weighted by molar-refractivity contribution is 5.91. The van der Waals surface area contributed by atoms with Gasteiger partial charge in [0.2, 0.25) is 0 Å². The van der Waals surface area contributed by atoms with Gasteiger partial charge >= 0.3 is 5.97 Å². The molecule has 0 radical (unpaired) electrons. The fourth-order valence-corrected chi connectivity index (χ4v) is 3.30. The van der Waals surface area contributed by atoms with Crippen LogP contribution < -0.4 is 5.32 Å². The number of hydrogen-bond acceptors (Lipinski definition) is 2. The molecule has 0 aromatic heterocycles. The van der Waals surface area contributed by atoms with Gasteiger partial charge in [-0.1, -0.05) is 17.7 Å². The topological polar surface area (TPSA) is 49.3 Å². The van der Waals surface area contributed by atoms with E-state index in [1.54, 1.807) is 0 Å². The van der Waals surface area contributed by atoms with Crippen LogP contribution >= 0.6 is 0 Å². The predicted molar refractivity (Wildman–Crippen MR) is 81.9 cm³/mol. The lowest BCUT2D eigenvalue weighted by Gasteiger charge is -2.27. The van der Waals surface area contributed by atoms with E-state index in [1.807, 2.05) is 0 Å². The fraction of sp³-hybridized carbons (Fsp3) is 0.471. The van der Waals surface area contributed by atoms with E-state index in [4.69, 9.17) is 0 Å². The molecule has 1 fully saturated rings. The number of hydrogen-bond donors (Lipinski definition) is 2. The summed E-state index contributed by atoms with van der Waals surface area (Å²) in [5.74, 6) is -0.509. The Balaban J connectivity index is 2.49. The van der Waals surface area contributed by atoms with Crippen LogP contribution in [0.25, 0.3) is 5.57 Å². The molecular formula is C17H23NO2. The molecule has 1 saturated heterocycles. The minimum atomic E-state index is -0.849. The molecule has 0 unspecified atom stereocenters. The Morgan fingerprint density at radius 2 is 1.75 bits per heavy atom. The van der Waals surface area contributed by atoms with E-state index in [1.165, 1.54) is 22.8 Å². The van der Waals surface area contributed by atoms with E-state index >= 15 is 0 Å². The second kappa shape index (κ2) is 6.23. The van der Waals surface area contributed by atoms with E-state index in [2.05, 4.69) is 38.2 Å². The maximum absolute atomic E-state index is 11.2. The lowest BCUT2D eigenvalue weighted by atomic mass is 9.81. The first-order chi connectivity index (χ1) is 9.49. The molecule has 3 heteroatoms. The summed E-state index contributed by atoms with van der Waals surface area (Å²) in [6, 6.07) is 4.28. The van der Waals surface area contributed by atoms with E-state index in [9.17, 15) is 9.90 Å². The molecule has 1 aliphatic heterocycles. The van der Waals surface area contributed by atoms with Crippen molar-refractivity contribution in [1.29, 1.82) is 0 Å². The number of carboxylic acids is 1. The minimum Gasteiger partial charge on any atom is -0.478 e. The lowest BCUT2D eigenvalue weighted by molar-refractivity contribution is -0.131. The molecule has 0 saturated carbocycles. The van der Waals surface area contributed by atoms with Crippen molar-refractivity contribution in [3.63, 3.8) is 0 Å². The van der Waals surface area contributed by atoms with Crippen LogP contribution in [-0.2, 0) is 4.79 Å². The lowest BCUT2D eigenvalue weighted by Crippen LogP contribution is -2.28. The number of piperidine rings is 1. The van der Waals surface area contributed by atoms with Crippen molar-refractivity contribution in [3.8, 4) is 0 Å². The number of carboxylic acid groups (broad SMARTS) is 1.